The smallest absolute Gasteiger partial charge is 0.00101 e. The molecule has 3 atom stereocenters. The molecule has 0 aliphatic heterocycles. The van der Waals surface area contributed by atoms with Crippen molar-refractivity contribution in [1.82, 2.24) is 0 Å². The second kappa shape index (κ2) is 4.23. The largest absolute Gasteiger partial charge is 0.129 e. The monoisotopic (exact) mass is 182 g/mol. The van der Waals surface area contributed by atoms with Crippen LogP contribution in [0.15, 0.2) is 23.3 Å². The van der Waals surface area contributed by atoms with Crippen LogP contribution in [0.1, 0.15) is 33.6 Å². The van der Waals surface area contributed by atoms with Crippen LogP contribution in [0.3, 0.4) is 0 Å². The van der Waals surface area contributed by atoms with E-state index in [1.165, 1.54) is 18.4 Å². The van der Waals surface area contributed by atoms with Gasteiger partial charge in [-0.15, -0.1) is 9.24 Å². The third-order valence-corrected chi connectivity index (χ3v) is 3.79. The molecule has 0 nitrogen and oxygen atoms in total. The SMILES string of the molecule is CCCC1=CC=C(C)C(C)C1P. The normalized spacial score (nSPS) is 29.7. The Morgan fingerprint density at radius 3 is 2.67 bits per heavy atom. The Morgan fingerprint density at radius 1 is 1.42 bits per heavy atom. The van der Waals surface area contributed by atoms with E-state index in [9.17, 15) is 0 Å². The van der Waals surface area contributed by atoms with Crippen molar-refractivity contribution >= 4 is 9.24 Å². The molecule has 0 saturated heterocycles. The minimum absolute atomic E-state index is 0.676. The Hall–Kier alpha value is -0.0900. The van der Waals surface area contributed by atoms with Gasteiger partial charge in [-0.2, -0.15) is 0 Å². The number of hydrogen-bond acceptors (Lipinski definition) is 0. The average molecular weight is 182 g/mol. The maximum Gasteiger partial charge on any atom is 0.00101 e. The van der Waals surface area contributed by atoms with Crippen LogP contribution in [-0.2, 0) is 0 Å². The Bertz CT molecular complexity index is 213. The van der Waals surface area contributed by atoms with Gasteiger partial charge in [-0.1, -0.05) is 43.6 Å². The summed E-state index contributed by atoms with van der Waals surface area (Å²) in [5, 5.41) is 0. The molecule has 0 fully saturated rings. The summed E-state index contributed by atoms with van der Waals surface area (Å²) in [5.74, 6) is 0.710. The molecule has 0 N–H and O–H groups in total. The predicted octanol–water partition coefficient (Wildman–Crippen LogP) is 3.55. The second-order valence-electron chi connectivity index (χ2n) is 3.72. The Balaban J connectivity index is 2.75. The molecule has 0 aromatic rings. The van der Waals surface area contributed by atoms with Crippen molar-refractivity contribution in [3.63, 3.8) is 0 Å². The van der Waals surface area contributed by atoms with Gasteiger partial charge in [-0.05, 0) is 19.3 Å². The van der Waals surface area contributed by atoms with Crippen molar-refractivity contribution in [2.75, 3.05) is 0 Å². The van der Waals surface area contributed by atoms with Crippen LogP contribution in [0.2, 0.25) is 0 Å². The first-order valence-corrected chi connectivity index (χ1v) is 5.46. The molecule has 1 aliphatic rings. The van der Waals surface area contributed by atoms with Crippen molar-refractivity contribution in [2.45, 2.75) is 39.3 Å². The van der Waals surface area contributed by atoms with Gasteiger partial charge in [0.2, 0.25) is 0 Å². The van der Waals surface area contributed by atoms with E-state index in [1.54, 1.807) is 5.57 Å². The maximum atomic E-state index is 2.97. The summed E-state index contributed by atoms with van der Waals surface area (Å²) >= 11 is 0. The van der Waals surface area contributed by atoms with Gasteiger partial charge >= 0.3 is 0 Å². The maximum absolute atomic E-state index is 2.97. The van der Waals surface area contributed by atoms with E-state index in [0.717, 1.165) is 0 Å². The summed E-state index contributed by atoms with van der Waals surface area (Å²) in [6.45, 7) is 6.78. The molecule has 0 aromatic carbocycles. The molecule has 68 valence electrons. The van der Waals surface area contributed by atoms with E-state index >= 15 is 0 Å². The first-order valence-electron chi connectivity index (χ1n) is 4.79. The van der Waals surface area contributed by atoms with Gasteiger partial charge in [-0.3, -0.25) is 0 Å². The van der Waals surface area contributed by atoms with Gasteiger partial charge in [0.1, 0.15) is 0 Å². The highest BCUT2D eigenvalue weighted by Gasteiger charge is 2.19. The van der Waals surface area contributed by atoms with E-state index in [1.807, 2.05) is 0 Å². The molecule has 0 heterocycles. The number of allylic oxidation sites excluding steroid dienone is 4. The van der Waals surface area contributed by atoms with E-state index in [-0.39, 0.29) is 0 Å². The van der Waals surface area contributed by atoms with E-state index in [4.69, 9.17) is 0 Å². The van der Waals surface area contributed by atoms with Gasteiger partial charge in [0.15, 0.2) is 0 Å². The zero-order valence-corrected chi connectivity index (χ0v) is 9.46. The Labute approximate surface area is 78.3 Å². The molecule has 1 rings (SSSR count). The van der Waals surface area contributed by atoms with Crippen molar-refractivity contribution in [3.8, 4) is 0 Å². The molecule has 1 heteroatoms. The summed E-state index contributed by atoms with van der Waals surface area (Å²) in [5.41, 5.74) is 3.78. The summed E-state index contributed by atoms with van der Waals surface area (Å²) in [6, 6.07) is 0. The fourth-order valence-corrected chi connectivity index (χ4v) is 2.23. The topological polar surface area (TPSA) is 0 Å². The van der Waals surface area contributed by atoms with Crippen LogP contribution in [0, 0.1) is 5.92 Å². The fourth-order valence-electron chi connectivity index (χ4n) is 1.64. The molecular formula is C11H19P. The van der Waals surface area contributed by atoms with Gasteiger partial charge < -0.3 is 0 Å². The van der Waals surface area contributed by atoms with Crippen LogP contribution >= 0.6 is 9.24 Å². The Morgan fingerprint density at radius 2 is 2.08 bits per heavy atom. The lowest BCUT2D eigenvalue weighted by molar-refractivity contribution is 0.652. The zero-order valence-electron chi connectivity index (χ0n) is 8.30. The molecule has 0 spiro atoms. The van der Waals surface area contributed by atoms with Crippen LogP contribution < -0.4 is 0 Å². The second-order valence-corrected chi connectivity index (χ2v) is 4.43. The first kappa shape index (κ1) is 9.99. The average Bonchev–Trinajstić information content (AvgIpc) is 2.07. The van der Waals surface area contributed by atoms with Gasteiger partial charge in [0.05, 0.1) is 0 Å². The van der Waals surface area contributed by atoms with Crippen LogP contribution in [0.5, 0.6) is 0 Å². The first-order chi connectivity index (χ1) is 5.66. The third-order valence-electron chi connectivity index (χ3n) is 2.78. The predicted molar refractivity (Wildman–Crippen MR) is 59.4 cm³/mol. The molecular weight excluding hydrogens is 163 g/mol. The lowest BCUT2D eigenvalue weighted by atomic mass is 9.87. The molecule has 3 unspecified atom stereocenters. The molecule has 0 saturated carbocycles. The van der Waals surface area contributed by atoms with Crippen molar-refractivity contribution in [3.05, 3.63) is 23.3 Å². The van der Waals surface area contributed by atoms with Crippen LogP contribution in [0.4, 0.5) is 0 Å². The number of hydrogen-bond donors (Lipinski definition) is 0. The fraction of sp³-hybridized carbons (Fsp3) is 0.636. The lowest BCUT2D eigenvalue weighted by Gasteiger charge is -2.26. The highest BCUT2D eigenvalue weighted by molar-refractivity contribution is 7.18. The third kappa shape index (κ3) is 1.98. The summed E-state index contributed by atoms with van der Waals surface area (Å²) in [7, 11) is 2.97. The molecule has 12 heavy (non-hydrogen) atoms. The standard InChI is InChI=1S/C11H19P/c1-4-5-10-7-6-8(2)9(3)11(10)12/h6-7,9,11H,4-5,12H2,1-3H3. The Kier molecular flexibility index (Phi) is 3.53. The van der Waals surface area contributed by atoms with Gasteiger partial charge in [0.25, 0.3) is 0 Å². The molecule has 1 aliphatic carbocycles. The van der Waals surface area contributed by atoms with Crippen molar-refractivity contribution in [1.29, 1.82) is 0 Å². The molecule has 0 amide bonds. The van der Waals surface area contributed by atoms with Crippen LogP contribution in [-0.4, -0.2) is 5.66 Å². The van der Waals surface area contributed by atoms with E-state index < -0.39 is 0 Å². The quantitative estimate of drug-likeness (QED) is 0.573. The van der Waals surface area contributed by atoms with Gasteiger partial charge in [-0.25, -0.2) is 0 Å². The summed E-state index contributed by atoms with van der Waals surface area (Å²) < 4.78 is 0. The minimum atomic E-state index is 0.676. The van der Waals surface area contributed by atoms with E-state index in [0.29, 0.717) is 11.6 Å². The van der Waals surface area contributed by atoms with Gasteiger partial charge in [0, 0.05) is 5.66 Å². The van der Waals surface area contributed by atoms with E-state index in [2.05, 4.69) is 42.2 Å². The van der Waals surface area contributed by atoms with Crippen LogP contribution in [0.25, 0.3) is 0 Å². The lowest BCUT2D eigenvalue weighted by Crippen LogP contribution is -2.17. The minimum Gasteiger partial charge on any atom is -0.129 e. The highest BCUT2D eigenvalue weighted by atomic mass is 31.0. The van der Waals surface area contributed by atoms with Crippen molar-refractivity contribution in [2.24, 2.45) is 5.92 Å². The summed E-state index contributed by atoms with van der Waals surface area (Å²) in [6.07, 6.45) is 7.09. The molecule has 0 radical (unpaired) electrons. The highest BCUT2D eigenvalue weighted by Crippen LogP contribution is 2.32. The molecule has 0 bridgehead atoms. The summed E-state index contributed by atoms with van der Waals surface area (Å²) in [4.78, 5) is 0. The zero-order chi connectivity index (χ0) is 9.14. The van der Waals surface area contributed by atoms with Crippen molar-refractivity contribution < 1.29 is 0 Å². The molecule has 0 aromatic heterocycles. The number of rotatable bonds is 2.